The summed E-state index contributed by atoms with van der Waals surface area (Å²) in [4.78, 5) is 16.1. The van der Waals surface area contributed by atoms with Crippen LogP contribution in [0.15, 0.2) is 12.1 Å². The zero-order valence-corrected chi connectivity index (χ0v) is 12.1. The molecule has 1 N–H and O–H groups in total. The molecule has 100 valence electrons. The monoisotopic (exact) mass is 277 g/mol. The van der Waals surface area contributed by atoms with Crippen molar-refractivity contribution in [1.29, 1.82) is 0 Å². The van der Waals surface area contributed by atoms with Gasteiger partial charge in [0.1, 0.15) is 5.75 Å². The number of carbonyl (C=O) groups is 1. The summed E-state index contributed by atoms with van der Waals surface area (Å²) in [7, 11) is 1.64. The Morgan fingerprint density at radius 2 is 1.95 bits per heavy atom. The number of rotatable bonds is 3. The van der Waals surface area contributed by atoms with Gasteiger partial charge in [-0.1, -0.05) is 0 Å². The minimum Gasteiger partial charge on any atom is -0.496 e. The highest BCUT2D eigenvalue weighted by atomic mass is 32.1. The van der Waals surface area contributed by atoms with Gasteiger partial charge in [0, 0.05) is 10.4 Å². The number of aromatic nitrogens is 1. The zero-order chi connectivity index (χ0) is 14.2. The van der Waals surface area contributed by atoms with Crippen LogP contribution in [-0.4, -0.2) is 23.2 Å². The summed E-state index contributed by atoms with van der Waals surface area (Å²) in [5.41, 5.74) is 3.73. The van der Waals surface area contributed by atoms with Gasteiger partial charge in [-0.3, -0.25) is 0 Å². The number of hydrogen-bond acceptors (Lipinski definition) is 4. The second kappa shape index (κ2) is 5.01. The Kier molecular flexibility index (Phi) is 3.57. The SMILES string of the molecule is COc1cc(C)c(-c2nc(C(=O)O)sc2C)cc1C. The summed E-state index contributed by atoms with van der Waals surface area (Å²) in [5.74, 6) is -0.158. The molecule has 0 aliphatic carbocycles. The van der Waals surface area contributed by atoms with Gasteiger partial charge in [0.25, 0.3) is 0 Å². The second-order valence-corrected chi connectivity index (χ2v) is 5.57. The molecular weight excluding hydrogens is 262 g/mol. The number of methoxy groups -OCH3 is 1. The minimum absolute atomic E-state index is 0.125. The van der Waals surface area contributed by atoms with Crippen LogP contribution in [0.1, 0.15) is 25.8 Å². The van der Waals surface area contributed by atoms with Gasteiger partial charge < -0.3 is 9.84 Å². The van der Waals surface area contributed by atoms with E-state index in [1.165, 1.54) is 11.3 Å². The molecule has 0 atom stereocenters. The van der Waals surface area contributed by atoms with E-state index in [1.54, 1.807) is 7.11 Å². The lowest BCUT2D eigenvalue weighted by Crippen LogP contribution is -1.96. The average molecular weight is 277 g/mol. The molecule has 2 aromatic rings. The number of aryl methyl sites for hydroxylation is 3. The number of aromatic carboxylic acids is 1. The molecule has 2 rings (SSSR count). The fourth-order valence-electron chi connectivity index (χ4n) is 2.00. The predicted octanol–water partition coefficient (Wildman–Crippen LogP) is 3.44. The van der Waals surface area contributed by atoms with Crippen LogP contribution in [0.25, 0.3) is 11.3 Å². The Labute approximate surface area is 115 Å². The van der Waals surface area contributed by atoms with Crippen molar-refractivity contribution in [3.8, 4) is 17.0 Å². The Bertz CT molecular complexity index is 646. The number of ether oxygens (including phenoxy) is 1. The van der Waals surface area contributed by atoms with Gasteiger partial charge in [-0.25, -0.2) is 9.78 Å². The zero-order valence-electron chi connectivity index (χ0n) is 11.3. The Hall–Kier alpha value is -1.88. The number of benzene rings is 1. The van der Waals surface area contributed by atoms with E-state index >= 15 is 0 Å². The summed E-state index contributed by atoms with van der Waals surface area (Å²) >= 11 is 1.20. The van der Waals surface area contributed by atoms with Gasteiger partial charge in [0.05, 0.1) is 12.8 Å². The van der Waals surface area contributed by atoms with Crippen molar-refractivity contribution in [2.45, 2.75) is 20.8 Å². The summed E-state index contributed by atoms with van der Waals surface area (Å²) in [6.07, 6.45) is 0. The normalized spacial score (nSPS) is 10.5. The lowest BCUT2D eigenvalue weighted by Gasteiger charge is -2.10. The molecule has 0 amide bonds. The molecule has 0 saturated heterocycles. The van der Waals surface area contributed by atoms with E-state index in [9.17, 15) is 4.79 Å². The molecule has 0 spiro atoms. The third kappa shape index (κ3) is 2.46. The van der Waals surface area contributed by atoms with Crippen LogP contribution < -0.4 is 4.74 Å². The van der Waals surface area contributed by atoms with Crippen LogP contribution in [0.5, 0.6) is 5.75 Å². The standard InChI is InChI=1S/C14H15NO3S/c1-7-6-11(18-4)8(2)5-10(7)12-9(3)19-13(15-12)14(16)17/h5-6H,1-4H3,(H,16,17). The minimum atomic E-state index is -0.984. The molecule has 1 aromatic heterocycles. The maximum Gasteiger partial charge on any atom is 0.365 e. The fraction of sp³-hybridized carbons (Fsp3) is 0.286. The lowest BCUT2D eigenvalue weighted by molar-refractivity contribution is 0.0696. The highest BCUT2D eigenvalue weighted by Crippen LogP contribution is 2.33. The first-order chi connectivity index (χ1) is 8.93. The molecule has 1 heterocycles. The largest absolute Gasteiger partial charge is 0.496 e. The van der Waals surface area contributed by atoms with Crippen molar-refractivity contribution in [2.75, 3.05) is 7.11 Å². The number of carboxylic acid groups (broad SMARTS) is 1. The van der Waals surface area contributed by atoms with Crippen molar-refractivity contribution in [3.05, 3.63) is 33.1 Å². The first kappa shape index (κ1) is 13.5. The van der Waals surface area contributed by atoms with Gasteiger partial charge in [-0.05, 0) is 44.0 Å². The van der Waals surface area contributed by atoms with E-state index in [1.807, 2.05) is 32.9 Å². The molecule has 0 fully saturated rings. The smallest absolute Gasteiger partial charge is 0.365 e. The van der Waals surface area contributed by atoms with Crippen molar-refractivity contribution < 1.29 is 14.6 Å². The van der Waals surface area contributed by atoms with Crippen molar-refractivity contribution >= 4 is 17.3 Å². The van der Waals surface area contributed by atoms with E-state index in [4.69, 9.17) is 9.84 Å². The number of hydrogen-bond donors (Lipinski definition) is 1. The van der Waals surface area contributed by atoms with Crippen LogP contribution in [0.2, 0.25) is 0 Å². The van der Waals surface area contributed by atoms with Crippen LogP contribution >= 0.6 is 11.3 Å². The van der Waals surface area contributed by atoms with Gasteiger partial charge in [-0.15, -0.1) is 11.3 Å². The van der Waals surface area contributed by atoms with Crippen LogP contribution in [-0.2, 0) is 0 Å². The predicted molar refractivity (Wildman–Crippen MR) is 75.3 cm³/mol. The first-order valence-electron chi connectivity index (χ1n) is 5.80. The molecule has 0 radical (unpaired) electrons. The van der Waals surface area contributed by atoms with Gasteiger partial charge >= 0.3 is 5.97 Å². The van der Waals surface area contributed by atoms with E-state index in [0.717, 1.165) is 33.0 Å². The van der Waals surface area contributed by atoms with Crippen LogP contribution in [0.3, 0.4) is 0 Å². The summed E-state index contributed by atoms with van der Waals surface area (Å²) in [6, 6.07) is 3.94. The van der Waals surface area contributed by atoms with Gasteiger partial charge in [0.2, 0.25) is 5.01 Å². The topological polar surface area (TPSA) is 59.4 Å². The van der Waals surface area contributed by atoms with E-state index in [0.29, 0.717) is 0 Å². The van der Waals surface area contributed by atoms with Crippen LogP contribution in [0.4, 0.5) is 0 Å². The first-order valence-corrected chi connectivity index (χ1v) is 6.62. The fourth-order valence-corrected chi connectivity index (χ4v) is 2.77. The van der Waals surface area contributed by atoms with Crippen LogP contribution in [0, 0.1) is 20.8 Å². The molecule has 1 aromatic carbocycles. The van der Waals surface area contributed by atoms with Crippen molar-refractivity contribution in [1.82, 2.24) is 4.98 Å². The summed E-state index contributed by atoms with van der Waals surface area (Å²) < 4.78 is 5.28. The number of nitrogens with zero attached hydrogens (tertiary/aromatic N) is 1. The molecule has 0 aliphatic heterocycles. The highest BCUT2D eigenvalue weighted by Gasteiger charge is 2.17. The lowest BCUT2D eigenvalue weighted by atomic mass is 10.0. The van der Waals surface area contributed by atoms with E-state index in [2.05, 4.69) is 4.98 Å². The summed E-state index contributed by atoms with van der Waals surface area (Å²) in [6.45, 7) is 5.82. The third-order valence-corrected chi connectivity index (χ3v) is 3.94. The molecular formula is C14H15NO3S. The van der Waals surface area contributed by atoms with Gasteiger partial charge in [-0.2, -0.15) is 0 Å². The molecule has 0 aliphatic rings. The Morgan fingerprint density at radius 1 is 1.26 bits per heavy atom. The van der Waals surface area contributed by atoms with Crippen molar-refractivity contribution in [3.63, 3.8) is 0 Å². The van der Waals surface area contributed by atoms with E-state index in [-0.39, 0.29) is 5.01 Å². The summed E-state index contributed by atoms with van der Waals surface area (Å²) in [5, 5.41) is 9.13. The van der Waals surface area contributed by atoms with Gasteiger partial charge in [0.15, 0.2) is 0 Å². The third-order valence-electron chi connectivity index (χ3n) is 2.98. The number of carboxylic acids is 1. The van der Waals surface area contributed by atoms with E-state index < -0.39 is 5.97 Å². The Balaban J connectivity index is 2.59. The molecule has 19 heavy (non-hydrogen) atoms. The number of thiazole rings is 1. The highest BCUT2D eigenvalue weighted by molar-refractivity contribution is 7.13. The Morgan fingerprint density at radius 3 is 2.47 bits per heavy atom. The average Bonchev–Trinajstić information content (AvgIpc) is 2.74. The molecule has 4 nitrogen and oxygen atoms in total. The molecule has 5 heteroatoms. The molecule has 0 unspecified atom stereocenters. The molecule has 0 bridgehead atoms. The molecule has 0 saturated carbocycles. The maximum absolute atomic E-state index is 11.0. The maximum atomic E-state index is 11.0. The quantitative estimate of drug-likeness (QED) is 0.933. The van der Waals surface area contributed by atoms with Crippen molar-refractivity contribution in [2.24, 2.45) is 0 Å². The second-order valence-electron chi connectivity index (χ2n) is 4.37.